The molecule has 0 aliphatic heterocycles. The Labute approximate surface area is 340 Å². The van der Waals surface area contributed by atoms with E-state index in [-0.39, 0.29) is 62.2 Å². The predicted molar refractivity (Wildman–Crippen MR) is 176 cm³/mol. The Morgan fingerprint density at radius 3 is 0.855 bits per heavy atom. The van der Waals surface area contributed by atoms with Gasteiger partial charge in [-0.2, -0.15) is 0 Å². The number of benzene rings is 2. The van der Waals surface area contributed by atoms with Crippen molar-refractivity contribution in [2.45, 2.75) is 0 Å². The summed E-state index contributed by atoms with van der Waals surface area (Å²) in [4.78, 5) is 57.4. The molecule has 3 radical (unpaired) electrons. The van der Waals surface area contributed by atoms with Gasteiger partial charge in [-0.15, -0.1) is 0 Å². The van der Waals surface area contributed by atoms with Gasteiger partial charge in [-0.05, 0) is 36.4 Å². The number of aromatic carboxylic acids is 4. The standard InChI is InChI=1S/2C12H8N2.2C5H4N2O4.3Cu.2H2O/c2*1-3-9-5-6-10-4-2-8-14-12(10)11(9)13-7-1;2*8-4(9)2-1-3(5(10)11)7-6-2;;;;;/h2*1-8H;2*1H,(H3,6,7,8,9,10,11);;;;2*1H2/q;;;;3*+2;;/p-4. The number of rotatable bonds is 4. The van der Waals surface area contributed by atoms with Crippen molar-refractivity contribution in [2.24, 2.45) is 0 Å². The first-order valence-electron chi connectivity index (χ1n) is 14.2. The maximum Gasteiger partial charge on any atom is 2.00 e. The molecule has 0 aliphatic rings. The summed E-state index contributed by atoms with van der Waals surface area (Å²) < 4.78 is 0. The van der Waals surface area contributed by atoms with Crippen molar-refractivity contribution in [1.82, 2.24) is 40.3 Å². The van der Waals surface area contributed by atoms with E-state index in [1.165, 1.54) is 0 Å². The number of hydrogen-bond acceptors (Lipinski definition) is 14. The summed E-state index contributed by atoms with van der Waals surface area (Å²) in [5, 5.41) is 56.6. The summed E-state index contributed by atoms with van der Waals surface area (Å²) in [7, 11) is 0. The topological polar surface area (TPSA) is 332 Å². The zero-order valence-electron chi connectivity index (χ0n) is 27.3. The number of aromatic nitrogens is 8. The molecule has 0 amide bonds. The van der Waals surface area contributed by atoms with Crippen LogP contribution in [0.3, 0.4) is 0 Å². The summed E-state index contributed by atoms with van der Waals surface area (Å²) in [6.07, 6.45) is 7.21. The van der Waals surface area contributed by atoms with Crippen molar-refractivity contribution in [3.8, 4) is 0 Å². The summed E-state index contributed by atoms with van der Waals surface area (Å²) in [5.74, 6) is -6.26. The molecule has 291 valence electrons. The van der Waals surface area contributed by atoms with Crippen LogP contribution < -0.4 is 30.6 Å². The van der Waals surface area contributed by atoms with E-state index in [2.05, 4.69) is 88.9 Å². The smallest absolute Gasteiger partial charge is 0.573 e. The molecule has 55 heavy (non-hydrogen) atoms. The molecule has 2 aromatic carbocycles. The van der Waals surface area contributed by atoms with Gasteiger partial charge in [0.25, 0.3) is 0 Å². The van der Waals surface area contributed by atoms with Crippen LogP contribution in [0.2, 0.25) is 0 Å². The van der Waals surface area contributed by atoms with Gasteiger partial charge < -0.3 is 71.0 Å². The van der Waals surface area contributed by atoms with Gasteiger partial charge in [-0.3, -0.25) is 19.9 Å². The Morgan fingerprint density at radius 1 is 0.418 bits per heavy atom. The fourth-order valence-electron chi connectivity index (χ4n) is 4.35. The zero-order valence-corrected chi connectivity index (χ0v) is 30.1. The number of carbonyl (C=O) groups excluding carboxylic acids is 4. The molecule has 8 aromatic rings. The quantitative estimate of drug-likeness (QED) is 0.0982. The molecule has 8 rings (SSSR count). The summed E-state index contributed by atoms with van der Waals surface area (Å²) in [5.41, 5.74) is 1.87. The number of pyridine rings is 4. The number of nitrogens with zero attached hydrogens (tertiary/aromatic N) is 8. The molecule has 6 aromatic heterocycles. The van der Waals surface area contributed by atoms with Crippen molar-refractivity contribution < 1.29 is 102 Å². The molecule has 6 heterocycles. The van der Waals surface area contributed by atoms with Crippen molar-refractivity contribution in [2.75, 3.05) is 0 Å². The second-order valence-electron chi connectivity index (χ2n) is 9.81. The zero-order chi connectivity index (χ0) is 35.6. The van der Waals surface area contributed by atoms with Crippen LogP contribution in [-0.2, 0) is 62.2 Å². The van der Waals surface area contributed by atoms with E-state index < -0.39 is 46.7 Å². The SMILES string of the molecule is O=C([O-])c1cc(C(=O)[O-])[n-]n1.O=C([O-])c1cc(C(=O)[O-])[n-]n1.[Cu+2].[Cu+2].[Cu+2].[OH3+].[OH3+].c1cnc2c(c1)ccc1cccnc12.c1cnc2c(c1)ccc1cccnc12. The average Bonchev–Trinajstić information content (AvgIpc) is 3.85. The number of carboxylic acid groups (broad SMARTS) is 4. The van der Waals surface area contributed by atoms with Crippen LogP contribution in [0.4, 0.5) is 0 Å². The summed E-state index contributed by atoms with van der Waals surface area (Å²) in [6, 6.07) is 25.8. The number of fused-ring (bicyclic) bond motifs is 6. The molecule has 0 fully saturated rings. The molecule has 0 unspecified atom stereocenters. The maximum absolute atomic E-state index is 10.0. The van der Waals surface area contributed by atoms with Crippen molar-refractivity contribution in [3.63, 3.8) is 0 Å². The van der Waals surface area contributed by atoms with Gasteiger partial charge in [0.1, 0.15) is 0 Å². The third kappa shape index (κ3) is 12.5. The molecule has 0 bridgehead atoms. The minimum atomic E-state index is -1.56. The largest absolute Gasteiger partial charge is 2.00 e. The van der Waals surface area contributed by atoms with E-state index in [1.54, 1.807) is 24.8 Å². The Balaban J connectivity index is 0.000000691. The van der Waals surface area contributed by atoms with Crippen LogP contribution in [0.1, 0.15) is 42.0 Å². The number of carbonyl (C=O) groups is 4. The molecule has 21 heteroatoms. The van der Waals surface area contributed by atoms with Crippen LogP contribution in [0.15, 0.2) is 110 Å². The van der Waals surface area contributed by atoms with E-state index in [9.17, 15) is 39.6 Å². The second kappa shape index (κ2) is 22.8. The maximum atomic E-state index is 10.0. The Morgan fingerprint density at radius 2 is 0.673 bits per heavy atom. The van der Waals surface area contributed by atoms with E-state index in [1.807, 2.05) is 24.3 Å². The van der Waals surface area contributed by atoms with E-state index in [0.29, 0.717) is 0 Å². The van der Waals surface area contributed by atoms with Gasteiger partial charge in [0.15, 0.2) is 0 Å². The van der Waals surface area contributed by atoms with E-state index in [4.69, 9.17) is 0 Å². The van der Waals surface area contributed by atoms with Crippen molar-refractivity contribution in [1.29, 1.82) is 0 Å². The molecule has 18 nitrogen and oxygen atoms in total. The first-order chi connectivity index (χ1) is 24.1. The molecule has 0 atom stereocenters. The second-order valence-corrected chi connectivity index (χ2v) is 9.81. The summed E-state index contributed by atoms with van der Waals surface area (Å²) >= 11 is 0. The van der Waals surface area contributed by atoms with Gasteiger partial charge in [-0.1, -0.05) is 59.9 Å². The Hall–Kier alpha value is -6.14. The Bertz CT molecular complexity index is 2180. The molecule has 0 spiro atoms. The normalized spacial score (nSPS) is 9.31. The molecular formula is C34H24Cu3N8O10+2. The van der Waals surface area contributed by atoms with E-state index in [0.717, 1.165) is 55.7 Å². The minimum Gasteiger partial charge on any atom is -0.573 e. The van der Waals surface area contributed by atoms with Gasteiger partial charge in [0.05, 0.1) is 57.3 Å². The van der Waals surface area contributed by atoms with E-state index >= 15 is 0 Å². The summed E-state index contributed by atoms with van der Waals surface area (Å²) in [6.45, 7) is 0. The van der Waals surface area contributed by atoms with Crippen molar-refractivity contribution in [3.05, 3.63) is 132 Å². The fourth-order valence-corrected chi connectivity index (χ4v) is 4.35. The predicted octanol–water partition coefficient (Wildman–Crippen LogP) is -2.75. The number of carboxylic acids is 4. The molecule has 0 aliphatic carbocycles. The first-order valence-corrected chi connectivity index (χ1v) is 14.2. The first kappa shape index (κ1) is 48.9. The van der Waals surface area contributed by atoms with Gasteiger partial charge in [-0.25, -0.2) is 0 Å². The third-order valence-corrected chi connectivity index (χ3v) is 6.60. The molecular weight excluding hydrogens is 871 g/mol. The fraction of sp³-hybridized carbons (Fsp3) is 0. The van der Waals surface area contributed by atoms with Crippen LogP contribution in [-0.4, -0.2) is 54.0 Å². The van der Waals surface area contributed by atoms with Crippen LogP contribution in [0, 0.1) is 0 Å². The van der Waals surface area contributed by atoms with Crippen LogP contribution in [0.25, 0.3) is 43.6 Å². The van der Waals surface area contributed by atoms with Gasteiger partial charge in [0.2, 0.25) is 0 Å². The van der Waals surface area contributed by atoms with Gasteiger partial charge >= 0.3 is 51.2 Å². The van der Waals surface area contributed by atoms with Crippen LogP contribution in [0.5, 0.6) is 0 Å². The van der Waals surface area contributed by atoms with Gasteiger partial charge in [0, 0.05) is 46.3 Å². The van der Waals surface area contributed by atoms with Crippen molar-refractivity contribution >= 4 is 67.5 Å². The third-order valence-electron chi connectivity index (χ3n) is 6.60. The Kier molecular flexibility index (Phi) is 20.3. The monoisotopic (exact) mass is 893 g/mol. The van der Waals surface area contributed by atoms with Crippen LogP contribution >= 0.6 is 0 Å². The molecule has 0 saturated carbocycles. The minimum absolute atomic E-state index is 0. The number of hydrogen-bond donors (Lipinski definition) is 0. The average molecular weight is 895 g/mol. The molecule has 0 saturated heterocycles. The molecule has 6 N–H and O–H groups in total.